The normalized spacial score (nSPS) is 10.6. The quantitative estimate of drug-likeness (QED) is 0.331. The summed E-state index contributed by atoms with van der Waals surface area (Å²) in [6, 6.07) is 13.8. The maximum absolute atomic E-state index is 12.8. The maximum Gasteiger partial charge on any atom is 0.262 e. The van der Waals surface area contributed by atoms with Gasteiger partial charge in [0, 0.05) is 24.3 Å². The summed E-state index contributed by atoms with van der Waals surface area (Å²) >= 11 is 1.17. The molecule has 0 bridgehead atoms. The van der Waals surface area contributed by atoms with Crippen LogP contribution >= 0.6 is 11.8 Å². The first-order chi connectivity index (χ1) is 14.5. The second kappa shape index (κ2) is 9.89. The number of anilines is 1. The highest BCUT2D eigenvalue weighted by atomic mass is 32.2. The molecule has 0 unspecified atom stereocenters. The third-order valence-corrected chi connectivity index (χ3v) is 5.19. The van der Waals surface area contributed by atoms with E-state index in [2.05, 4.69) is 22.2 Å². The van der Waals surface area contributed by atoms with E-state index in [4.69, 9.17) is 0 Å². The number of para-hydroxylation sites is 1. The van der Waals surface area contributed by atoms with Crippen LogP contribution in [-0.2, 0) is 11.3 Å². The van der Waals surface area contributed by atoms with Crippen LogP contribution in [0.15, 0.2) is 71.1 Å². The predicted octanol–water partition coefficient (Wildman–Crippen LogP) is 3.06. The monoisotopic (exact) mass is 422 g/mol. The molecule has 0 aliphatic rings. The average Bonchev–Trinajstić information content (AvgIpc) is 2.75. The van der Waals surface area contributed by atoms with Crippen LogP contribution in [0.4, 0.5) is 5.69 Å². The number of carbonyl (C=O) groups excluding carboxylic acids is 2. The number of hydrogen-bond acceptors (Lipinski definition) is 5. The van der Waals surface area contributed by atoms with Gasteiger partial charge in [-0.25, -0.2) is 4.98 Å². The van der Waals surface area contributed by atoms with Gasteiger partial charge in [-0.15, -0.1) is 6.58 Å². The molecule has 1 heterocycles. The predicted molar refractivity (Wildman–Crippen MR) is 120 cm³/mol. The van der Waals surface area contributed by atoms with E-state index in [9.17, 15) is 14.4 Å². The Kier molecular flexibility index (Phi) is 7.03. The Morgan fingerprint density at radius 3 is 2.77 bits per heavy atom. The van der Waals surface area contributed by atoms with Gasteiger partial charge in [0.15, 0.2) is 5.16 Å². The van der Waals surface area contributed by atoms with E-state index in [0.29, 0.717) is 40.4 Å². The van der Waals surface area contributed by atoms with Gasteiger partial charge in [-0.2, -0.15) is 0 Å². The molecule has 1 aromatic heterocycles. The number of hydrogen-bond donors (Lipinski definition) is 2. The summed E-state index contributed by atoms with van der Waals surface area (Å²) in [5.74, 6) is -0.398. The molecule has 2 N–H and O–H groups in total. The van der Waals surface area contributed by atoms with Crippen LogP contribution in [-0.4, -0.2) is 33.7 Å². The minimum atomic E-state index is -0.263. The van der Waals surface area contributed by atoms with Crippen LogP contribution in [0.1, 0.15) is 17.3 Å². The van der Waals surface area contributed by atoms with Crippen molar-refractivity contribution in [1.82, 2.24) is 14.9 Å². The number of nitrogens with one attached hydrogen (secondary N) is 2. The lowest BCUT2D eigenvalue weighted by Crippen LogP contribution is -2.24. The number of carbonyl (C=O) groups is 2. The van der Waals surface area contributed by atoms with Crippen molar-refractivity contribution in [3.8, 4) is 0 Å². The van der Waals surface area contributed by atoms with Gasteiger partial charge in [0.05, 0.1) is 16.7 Å². The summed E-state index contributed by atoms with van der Waals surface area (Å²) < 4.78 is 1.50. The Hall–Kier alpha value is -3.39. The molecule has 3 aromatic rings. The summed E-state index contributed by atoms with van der Waals surface area (Å²) in [6.45, 7) is 6.36. The van der Waals surface area contributed by atoms with Gasteiger partial charge in [-0.3, -0.25) is 19.0 Å². The molecule has 0 saturated heterocycles. The van der Waals surface area contributed by atoms with E-state index < -0.39 is 0 Å². The Morgan fingerprint density at radius 2 is 2.00 bits per heavy atom. The van der Waals surface area contributed by atoms with Gasteiger partial charge in [-0.05, 0) is 37.3 Å². The molecule has 0 radical (unpaired) electrons. The van der Waals surface area contributed by atoms with Crippen molar-refractivity contribution >= 4 is 40.2 Å². The fraction of sp³-hybridized carbons (Fsp3) is 0.182. The first-order valence-electron chi connectivity index (χ1n) is 9.45. The van der Waals surface area contributed by atoms with Gasteiger partial charge in [0.25, 0.3) is 11.5 Å². The molecule has 0 aliphatic carbocycles. The molecule has 7 nitrogen and oxygen atoms in total. The maximum atomic E-state index is 12.8. The molecule has 154 valence electrons. The Balaban J connectivity index is 1.75. The molecule has 8 heteroatoms. The Bertz CT molecular complexity index is 1160. The lowest BCUT2D eigenvalue weighted by Gasteiger charge is -2.12. The largest absolute Gasteiger partial charge is 0.352 e. The Labute approximate surface area is 178 Å². The highest BCUT2D eigenvalue weighted by Gasteiger charge is 2.13. The topological polar surface area (TPSA) is 93.1 Å². The number of fused-ring (bicyclic) bond motifs is 1. The molecule has 2 aromatic carbocycles. The lowest BCUT2D eigenvalue weighted by molar-refractivity contribution is -0.113. The van der Waals surface area contributed by atoms with Crippen molar-refractivity contribution in [3.63, 3.8) is 0 Å². The van der Waals surface area contributed by atoms with Crippen molar-refractivity contribution in [2.75, 3.05) is 17.6 Å². The van der Waals surface area contributed by atoms with Gasteiger partial charge in [0.2, 0.25) is 5.91 Å². The van der Waals surface area contributed by atoms with Crippen LogP contribution < -0.4 is 16.2 Å². The van der Waals surface area contributed by atoms with Crippen LogP contribution in [0.3, 0.4) is 0 Å². The first kappa shape index (κ1) is 21.3. The first-order valence-corrected chi connectivity index (χ1v) is 10.4. The van der Waals surface area contributed by atoms with Crippen LogP contribution in [0, 0.1) is 0 Å². The van der Waals surface area contributed by atoms with Crippen LogP contribution in [0.2, 0.25) is 0 Å². The standard InChI is InChI=1S/C22H22N4O3S/c1-3-12-26-21(29)17-10-5-6-11-18(17)25-22(26)30-14-19(27)24-16-9-7-8-15(13-16)20(28)23-4-2/h3,5-11,13H,1,4,12,14H2,2H3,(H,23,28)(H,24,27). The van der Waals surface area contributed by atoms with E-state index in [1.165, 1.54) is 16.3 Å². The van der Waals surface area contributed by atoms with Crippen LogP contribution in [0.5, 0.6) is 0 Å². The summed E-state index contributed by atoms with van der Waals surface area (Å²) in [7, 11) is 0. The third kappa shape index (κ3) is 4.96. The van der Waals surface area contributed by atoms with Gasteiger partial charge in [0.1, 0.15) is 0 Å². The second-order valence-electron chi connectivity index (χ2n) is 6.39. The number of rotatable bonds is 8. The molecule has 2 amide bonds. The van der Waals surface area contributed by atoms with E-state index in [1.54, 1.807) is 48.5 Å². The van der Waals surface area contributed by atoms with E-state index in [0.717, 1.165) is 0 Å². The van der Waals surface area contributed by atoms with E-state index >= 15 is 0 Å². The molecule has 30 heavy (non-hydrogen) atoms. The molecule has 3 rings (SSSR count). The van der Waals surface area contributed by atoms with Crippen molar-refractivity contribution in [3.05, 3.63) is 77.1 Å². The smallest absolute Gasteiger partial charge is 0.262 e. The van der Waals surface area contributed by atoms with Gasteiger partial charge >= 0.3 is 0 Å². The minimum absolute atomic E-state index is 0.0628. The van der Waals surface area contributed by atoms with Crippen molar-refractivity contribution in [2.45, 2.75) is 18.6 Å². The SMILES string of the molecule is C=CCn1c(SCC(=O)Nc2cccc(C(=O)NCC)c2)nc2ccccc2c1=O. The van der Waals surface area contributed by atoms with E-state index in [1.807, 2.05) is 13.0 Å². The molecule has 0 spiro atoms. The van der Waals surface area contributed by atoms with Crippen molar-refractivity contribution < 1.29 is 9.59 Å². The zero-order chi connectivity index (χ0) is 21.5. The van der Waals surface area contributed by atoms with Crippen LogP contribution in [0.25, 0.3) is 10.9 Å². The molecular formula is C22H22N4O3S. The zero-order valence-corrected chi connectivity index (χ0v) is 17.4. The van der Waals surface area contributed by atoms with Crippen molar-refractivity contribution in [2.24, 2.45) is 0 Å². The number of allylic oxidation sites excluding steroid dienone is 1. The molecular weight excluding hydrogens is 400 g/mol. The number of aromatic nitrogens is 2. The molecule has 0 aliphatic heterocycles. The summed E-state index contributed by atoms with van der Waals surface area (Å²) in [6.07, 6.45) is 1.62. The average molecular weight is 423 g/mol. The van der Waals surface area contributed by atoms with Gasteiger partial charge < -0.3 is 10.6 Å². The fourth-order valence-electron chi connectivity index (χ4n) is 2.88. The zero-order valence-electron chi connectivity index (χ0n) is 16.6. The second-order valence-corrected chi connectivity index (χ2v) is 7.34. The van der Waals surface area contributed by atoms with Gasteiger partial charge in [-0.1, -0.05) is 36.0 Å². The number of nitrogens with zero attached hydrogens (tertiary/aromatic N) is 2. The summed E-state index contributed by atoms with van der Waals surface area (Å²) in [4.78, 5) is 41.7. The molecule has 0 saturated carbocycles. The number of amides is 2. The molecule has 0 atom stereocenters. The summed E-state index contributed by atoms with van der Waals surface area (Å²) in [5, 5.41) is 6.47. The summed E-state index contributed by atoms with van der Waals surface area (Å²) in [5.41, 5.74) is 1.41. The fourth-order valence-corrected chi connectivity index (χ4v) is 3.68. The number of thioether (sulfide) groups is 1. The minimum Gasteiger partial charge on any atom is -0.352 e. The third-order valence-electron chi connectivity index (χ3n) is 4.22. The highest BCUT2D eigenvalue weighted by molar-refractivity contribution is 7.99. The molecule has 0 fully saturated rings. The Morgan fingerprint density at radius 1 is 1.20 bits per heavy atom. The lowest BCUT2D eigenvalue weighted by atomic mass is 10.2. The van der Waals surface area contributed by atoms with E-state index in [-0.39, 0.29) is 23.1 Å². The highest BCUT2D eigenvalue weighted by Crippen LogP contribution is 2.19. The van der Waals surface area contributed by atoms with Crippen molar-refractivity contribution in [1.29, 1.82) is 0 Å². The number of benzene rings is 2.